The molecule has 0 radical (unpaired) electrons. The fourth-order valence-corrected chi connectivity index (χ4v) is 2.92. The van der Waals surface area contributed by atoms with Crippen LogP contribution in [-0.2, 0) is 0 Å². The van der Waals surface area contributed by atoms with Crippen molar-refractivity contribution in [2.45, 2.75) is 6.10 Å². The Morgan fingerprint density at radius 3 is 2.95 bits per heavy atom. The Morgan fingerprint density at radius 1 is 1.41 bits per heavy atom. The van der Waals surface area contributed by atoms with E-state index in [4.69, 9.17) is 17.3 Å². The van der Waals surface area contributed by atoms with Crippen molar-refractivity contribution in [3.05, 3.63) is 45.9 Å². The molecule has 0 aromatic carbocycles. The first-order valence-electron chi connectivity index (χ1n) is 6.43. The van der Waals surface area contributed by atoms with Gasteiger partial charge in [0, 0.05) is 29.9 Å². The second-order valence-electron chi connectivity index (χ2n) is 4.46. The summed E-state index contributed by atoms with van der Waals surface area (Å²) in [6.07, 6.45) is 2.73. The molecule has 9 heteroatoms. The average Bonchev–Trinajstić information content (AvgIpc) is 3.15. The summed E-state index contributed by atoms with van der Waals surface area (Å²) in [5.41, 5.74) is 5.71. The number of aliphatic hydroxyl groups excluding tert-OH is 1. The lowest BCUT2D eigenvalue weighted by Crippen LogP contribution is -2.13. The van der Waals surface area contributed by atoms with Crippen LogP contribution in [0, 0.1) is 0 Å². The molecule has 0 saturated heterocycles. The Morgan fingerprint density at radius 2 is 2.27 bits per heavy atom. The van der Waals surface area contributed by atoms with E-state index in [0.29, 0.717) is 16.0 Å². The van der Waals surface area contributed by atoms with E-state index in [9.17, 15) is 5.11 Å². The number of nitrogens with two attached hydrogens (primary N) is 1. The number of hydrogen-bond acceptors (Lipinski definition) is 7. The van der Waals surface area contributed by atoms with Gasteiger partial charge in [-0.2, -0.15) is 15.1 Å². The normalized spacial score (nSPS) is 12.3. The molecule has 1 unspecified atom stereocenters. The molecule has 0 bridgehead atoms. The van der Waals surface area contributed by atoms with Crippen LogP contribution >= 0.6 is 22.9 Å². The second kappa shape index (κ2) is 6.30. The summed E-state index contributed by atoms with van der Waals surface area (Å²) in [5, 5.41) is 17.2. The maximum atomic E-state index is 10.1. The van der Waals surface area contributed by atoms with Gasteiger partial charge in [-0.05, 0) is 18.2 Å². The fraction of sp³-hybridized carbons (Fsp3) is 0.154. The Bertz CT molecular complexity index is 760. The van der Waals surface area contributed by atoms with Gasteiger partial charge in [-0.3, -0.25) is 0 Å². The highest BCUT2D eigenvalue weighted by Crippen LogP contribution is 2.27. The third-order valence-corrected chi connectivity index (χ3v) is 4.20. The van der Waals surface area contributed by atoms with Crippen molar-refractivity contribution >= 4 is 34.7 Å². The summed E-state index contributed by atoms with van der Waals surface area (Å²) in [7, 11) is 0. The second-order valence-corrected chi connectivity index (χ2v) is 6.21. The maximum absolute atomic E-state index is 10.1. The maximum Gasteiger partial charge on any atom is 0.224 e. The lowest BCUT2D eigenvalue weighted by atomic mass is 10.3. The van der Waals surface area contributed by atoms with E-state index in [1.54, 1.807) is 41.3 Å². The number of halogens is 1. The minimum atomic E-state index is -0.679. The number of aromatic nitrogens is 4. The van der Waals surface area contributed by atoms with Crippen LogP contribution in [0.15, 0.2) is 36.7 Å². The minimum Gasteiger partial charge on any atom is -0.386 e. The number of nitrogens with zero attached hydrogens (tertiary/aromatic N) is 4. The summed E-state index contributed by atoms with van der Waals surface area (Å²) < 4.78 is 2.22. The lowest BCUT2D eigenvalue weighted by Gasteiger charge is -2.12. The Balaban J connectivity index is 1.72. The summed E-state index contributed by atoms with van der Waals surface area (Å²) >= 11 is 7.20. The van der Waals surface area contributed by atoms with Gasteiger partial charge >= 0.3 is 0 Å². The van der Waals surface area contributed by atoms with Gasteiger partial charge in [0.1, 0.15) is 11.9 Å². The molecule has 0 spiro atoms. The lowest BCUT2D eigenvalue weighted by molar-refractivity contribution is 0.195. The highest BCUT2D eigenvalue weighted by atomic mass is 35.5. The van der Waals surface area contributed by atoms with E-state index in [-0.39, 0.29) is 12.5 Å². The smallest absolute Gasteiger partial charge is 0.224 e. The molecular weight excluding hydrogens is 324 g/mol. The first-order chi connectivity index (χ1) is 10.6. The van der Waals surface area contributed by atoms with E-state index < -0.39 is 6.10 Å². The minimum absolute atomic E-state index is 0.129. The molecule has 22 heavy (non-hydrogen) atoms. The van der Waals surface area contributed by atoms with Crippen molar-refractivity contribution in [1.82, 2.24) is 19.7 Å². The van der Waals surface area contributed by atoms with Crippen LogP contribution in [0.2, 0.25) is 4.34 Å². The van der Waals surface area contributed by atoms with Gasteiger partial charge < -0.3 is 16.2 Å². The first-order valence-corrected chi connectivity index (χ1v) is 7.63. The Hall–Kier alpha value is -2.16. The van der Waals surface area contributed by atoms with Crippen LogP contribution in [0.1, 0.15) is 11.0 Å². The molecule has 4 N–H and O–H groups in total. The molecular formula is C13H13ClN6OS. The van der Waals surface area contributed by atoms with Crippen molar-refractivity contribution in [1.29, 1.82) is 0 Å². The van der Waals surface area contributed by atoms with Gasteiger partial charge in [0.25, 0.3) is 0 Å². The van der Waals surface area contributed by atoms with E-state index in [1.807, 2.05) is 0 Å². The largest absolute Gasteiger partial charge is 0.386 e. The van der Waals surface area contributed by atoms with Crippen molar-refractivity contribution in [2.75, 3.05) is 17.6 Å². The summed E-state index contributed by atoms with van der Waals surface area (Å²) in [6, 6.07) is 7.04. The molecule has 0 aliphatic heterocycles. The van der Waals surface area contributed by atoms with Crippen molar-refractivity contribution in [3.63, 3.8) is 0 Å². The van der Waals surface area contributed by atoms with E-state index in [0.717, 1.165) is 4.88 Å². The Kier molecular flexibility index (Phi) is 4.23. The van der Waals surface area contributed by atoms with Gasteiger partial charge in [-0.15, -0.1) is 11.3 Å². The predicted octanol–water partition coefficient (Wildman–Crippen LogP) is 2.10. The third-order valence-electron chi connectivity index (χ3n) is 2.87. The molecule has 0 aliphatic carbocycles. The van der Waals surface area contributed by atoms with Crippen LogP contribution in [0.3, 0.4) is 0 Å². The van der Waals surface area contributed by atoms with Gasteiger partial charge in [0.05, 0.1) is 4.34 Å². The highest BCUT2D eigenvalue weighted by Gasteiger charge is 2.11. The first kappa shape index (κ1) is 14.8. The number of rotatable bonds is 5. The van der Waals surface area contributed by atoms with Gasteiger partial charge in [-0.1, -0.05) is 11.6 Å². The van der Waals surface area contributed by atoms with E-state index in [2.05, 4.69) is 20.4 Å². The molecule has 7 nitrogen and oxygen atoms in total. The molecule has 0 saturated carbocycles. The molecule has 0 fully saturated rings. The molecule has 3 heterocycles. The number of nitrogen functional groups attached to an aromatic ring is 1. The van der Waals surface area contributed by atoms with Crippen LogP contribution in [-0.4, -0.2) is 31.4 Å². The number of nitrogens with one attached hydrogen (secondary N) is 1. The zero-order valence-corrected chi connectivity index (χ0v) is 12.9. The van der Waals surface area contributed by atoms with Gasteiger partial charge in [-0.25, -0.2) is 4.68 Å². The summed E-state index contributed by atoms with van der Waals surface area (Å²) in [5.74, 6) is 1.19. The number of hydrogen-bond donors (Lipinski definition) is 3. The van der Waals surface area contributed by atoms with Crippen molar-refractivity contribution in [3.8, 4) is 5.82 Å². The highest BCUT2D eigenvalue weighted by molar-refractivity contribution is 7.16. The predicted molar refractivity (Wildman–Crippen MR) is 86.3 cm³/mol. The van der Waals surface area contributed by atoms with Crippen LogP contribution < -0.4 is 11.1 Å². The molecule has 3 aromatic heterocycles. The van der Waals surface area contributed by atoms with Crippen LogP contribution in [0.25, 0.3) is 5.82 Å². The van der Waals surface area contributed by atoms with Crippen molar-refractivity contribution < 1.29 is 5.11 Å². The molecule has 114 valence electrons. The third kappa shape index (κ3) is 3.35. The molecule has 3 rings (SSSR count). The number of anilines is 2. The zero-order chi connectivity index (χ0) is 15.5. The fourth-order valence-electron chi connectivity index (χ4n) is 1.87. The van der Waals surface area contributed by atoms with Crippen molar-refractivity contribution in [2.24, 2.45) is 0 Å². The molecule has 0 aliphatic rings. The SMILES string of the molecule is Nc1nc(NCC(O)c2ccc(Cl)s2)cc(-n2cccn2)n1. The molecule has 0 amide bonds. The average molecular weight is 337 g/mol. The monoisotopic (exact) mass is 336 g/mol. The van der Waals surface area contributed by atoms with E-state index in [1.165, 1.54) is 11.3 Å². The molecule has 3 aromatic rings. The van der Waals surface area contributed by atoms with Gasteiger partial charge in [0.15, 0.2) is 5.82 Å². The topological polar surface area (TPSA) is 102 Å². The quantitative estimate of drug-likeness (QED) is 0.659. The molecule has 1 atom stereocenters. The summed E-state index contributed by atoms with van der Waals surface area (Å²) in [4.78, 5) is 8.99. The summed E-state index contributed by atoms with van der Waals surface area (Å²) in [6.45, 7) is 0.284. The van der Waals surface area contributed by atoms with Crippen LogP contribution in [0.4, 0.5) is 11.8 Å². The van der Waals surface area contributed by atoms with Gasteiger partial charge in [0.2, 0.25) is 5.95 Å². The number of aliphatic hydroxyl groups is 1. The van der Waals surface area contributed by atoms with E-state index >= 15 is 0 Å². The van der Waals surface area contributed by atoms with Crippen LogP contribution in [0.5, 0.6) is 0 Å². The standard InChI is InChI=1S/C13H13ClN6OS/c14-10-3-2-9(22-10)8(21)7-16-11-6-12(19-13(15)18-11)20-5-1-4-17-20/h1-6,8,21H,7H2,(H3,15,16,18,19). The number of thiophene rings is 1. The zero-order valence-electron chi connectivity index (χ0n) is 11.3. The Labute approximate surface area is 135 Å².